The first-order valence-corrected chi connectivity index (χ1v) is 16.2. The molecule has 0 saturated heterocycles. The maximum Gasteiger partial charge on any atom is 0.227 e. The summed E-state index contributed by atoms with van der Waals surface area (Å²) in [5.74, 6) is 3.22. The Balaban J connectivity index is 1.50. The van der Waals surface area contributed by atoms with Gasteiger partial charge in [0, 0.05) is 18.0 Å². The third kappa shape index (κ3) is 10.2. The predicted octanol–water partition coefficient (Wildman–Crippen LogP) is 9.31. The van der Waals surface area contributed by atoms with Crippen LogP contribution in [0.1, 0.15) is 172 Å². The molecule has 3 aliphatic rings. The van der Waals surface area contributed by atoms with Crippen LogP contribution in [-0.2, 0) is 0 Å². The van der Waals surface area contributed by atoms with Crippen LogP contribution in [0.25, 0.3) is 0 Å². The van der Waals surface area contributed by atoms with Gasteiger partial charge in [0.1, 0.15) is 5.82 Å². The van der Waals surface area contributed by atoms with Crippen LogP contribution < -0.4 is 10.6 Å². The summed E-state index contributed by atoms with van der Waals surface area (Å²) < 4.78 is 0. The molecule has 3 fully saturated rings. The Kier molecular flexibility index (Phi) is 12.6. The molecule has 5 heteroatoms. The van der Waals surface area contributed by atoms with Gasteiger partial charge in [0.25, 0.3) is 0 Å². The molecule has 1 aromatic rings. The van der Waals surface area contributed by atoms with Crippen molar-refractivity contribution >= 4 is 11.9 Å². The Labute approximate surface area is 221 Å². The Morgan fingerprint density at radius 1 is 0.361 bits per heavy atom. The highest BCUT2D eigenvalue weighted by Gasteiger charge is 2.21. The Morgan fingerprint density at radius 3 is 1.03 bits per heavy atom. The van der Waals surface area contributed by atoms with E-state index in [1.165, 1.54) is 161 Å². The van der Waals surface area contributed by atoms with E-state index in [1.54, 1.807) is 0 Å². The third-order valence-electron chi connectivity index (χ3n) is 9.00. The van der Waals surface area contributed by atoms with Gasteiger partial charge in [0.15, 0.2) is 0 Å². The van der Waals surface area contributed by atoms with E-state index in [-0.39, 0.29) is 0 Å². The lowest BCUT2D eigenvalue weighted by molar-refractivity contribution is 0.468. The van der Waals surface area contributed by atoms with E-state index in [9.17, 15) is 0 Å². The second kappa shape index (κ2) is 16.5. The molecule has 3 saturated carbocycles. The van der Waals surface area contributed by atoms with Crippen LogP contribution in [0.15, 0.2) is 0 Å². The highest BCUT2D eigenvalue weighted by Crippen LogP contribution is 2.30. The fourth-order valence-corrected chi connectivity index (χ4v) is 6.69. The van der Waals surface area contributed by atoms with Gasteiger partial charge in [0.05, 0.1) is 0 Å². The summed E-state index contributed by atoms with van der Waals surface area (Å²) in [6.45, 7) is 0. The van der Waals surface area contributed by atoms with Crippen LogP contribution >= 0.6 is 0 Å². The molecule has 1 heterocycles. The van der Waals surface area contributed by atoms with Crippen molar-refractivity contribution in [2.75, 3.05) is 10.6 Å². The minimum atomic E-state index is 0.483. The molecular weight excluding hydrogens is 442 g/mol. The van der Waals surface area contributed by atoms with Crippen molar-refractivity contribution in [2.24, 2.45) is 0 Å². The first-order valence-electron chi connectivity index (χ1n) is 16.2. The van der Waals surface area contributed by atoms with Crippen LogP contribution in [0.5, 0.6) is 0 Å². The van der Waals surface area contributed by atoms with E-state index < -0.39 is 0 Å². The zero-order chi connectivity index (χ0) is 24.7. The number of rotatable bonds is 5. The average molecular weight is 498 g/mol. The van der Waals surface area contributed by atoms with Crippen molar-refractivity contribution in [3.63, 3.8) is 0 Å². The van der Waals surface area contributed by atoms with Gasteiger partial charge in [-0.1, -0.05) is 122 Å². The Morgan fingerprint density at radius 2 is 0.667 bits per heavy atom. The van der Waals surface area contributed by atoms with Gasteiger partial charge in [-0.3, -0.25) is 0 Å². The average Bonchev–Trinajstić information content (AvgIpc) is 2.96. The number of aromatic nitrogens is 3. The molecule has 4 rings (SSSR count). The smallest absolute Gasteiger partial charge is 0.227 e. The standard InChI is InChI=1S/C31H55N5/c1-2-4-11-17-23-27(22-16-10-3-1)32-30-34-29(26-20-14-8-5-6-9-15-21-26)35-31(36-30)33-28-24-18-12-7-13-19-25-28/h26-28H,1-25H2,(H2,32,33,34,35,36). The Hall–Kier alpha value is -1.39. The quantitative estimate of drug-likeness (QED) is 0.424. The van der Waals surface area contributed by atoms with E-state index in [4.69, 9.17) is 15.0 Å². The van der Waals surface area contributed by atoms with Crippen LogP contribution in [0.2, 0.25) is 0 Å². The summed E-state index contributed by atoms with van der Waals surface area (Å²) in [7, 11) is 0. The molecule has 1 aromatic heterocycles. The molecule has 0 aliphatic heterocycles. The van der Waals surface area contributed by atoms with Gasteiger partial charge in [-0.15, -0.1) is 0 Å². The van der Waals surface area contributed by atoms with E-state index in [1.807, 2.05) is 0 Å². The molecule has 2 N–H and O–H groups in total. The third-order valence-corrected chi connectivity index (χ3v) is 9.00. The van der Waals surface area contributed by atoms with Crippen molar-refractivity contribution in [3.8, 4) is 0 Å². The highest BCUT2D eigenvalue weighted by atomic mass is 15.2. The van der Waals surface area contributed by atoms with Gasteiger partial charge >= 0.3 is 0 Å². The minimum absolute atomic E-state index is 0.483. The van der Waals surface area contributed by atoms with Gasteiger partial charge in [-0.05, 0) is 38.5 Å². The summed E-state index contributed by atoms with van der Waals surface area (Å²) in [6, 6.07) is 1.000. The van der Waals surface area contributed by atoms with Crippen molar-refractivity contribution < 1.29 is 0 Å². The predicted molar refractivity (Wildman–Crippen MR) is 153 cm³/mol. The monoisotopic (exact) mass is 497 g/mol. The first-order chi connectivity index (χ1) is 17.9. The van der Waals surface area contributed by atoms with Crippen molar-refractivity contribution in [2.45, 2.75) is 179 Å². The largest absolute Gasteiger partial charge is 0.351 e. The van der Waals surface area contributed by atoms with E-state index in [0.29, 0.717) is 18.0 Å². The summed E-state index contributed by atoms with van der Waals surface area (Å²) in [6.07, 6.45) is 33.4. The topological polar surface area (TPSA) is 62.7 Å². The van der Waals surface area contributed by atoms with Crippen LogP contribution in [0.4, 0.5) is 11.9 Å². The molecule has 5 nitrogen and oxygen atoms in total. The van der Waals surface area contributed by atoms with Crippen LogP contribution in [-0.4, -0.2) is 27.0 Å². The molecular formula is C31H55N5. The number of hydrogen-bond acceptors (Lipinski definition) is 5. The molecule has 3 aliphatic carbocycles. The van der Waals surface area contributed by atoms with Crippen molar-refractivity contribution in [3.05, 3.63) is 5.82 Å². The summed E-state index contributed by atoms with van der Waals surface area (Å²) in [5, 5.41) is 7.63. The molecule has 0 aromatic carbocycles. The minimum Gasteiger partial charge on any atom is -0.351 e. The maximum atomic E-state index is 5.12. The fourth-order valence-electron chi connectivity index (χ4n) is 6.69. The molecule has 0 unspecified atom stereocenters. The first kappa shape index (κ1) is 27.6. The van der Waals surface area contributed by atoms with Crippen molar-refractivity contribution in [1.82, 2.24) is 15.0 Å². The SMILES string of the molecule is C1CCCCCC(Nc2nc(NC3CCCCCCC3)nc(C3CCCCCCCC3)n2)CCCC1. The highest BCUT2D eigenvalue weighted by molar-refractivity contribution is 5.36. The van der Waals surface area contributed by atoms with Crippen LogP contribution in [0.3, 0.4) is 0 Å². The molecule has 0 radical (unpaired) electrons. The van der Waals surface area contributed by atoms with Gasteiger partial charge in [-0.25, -0.2) is 0 Å². The molecule has 0 atom stereocenters. The van der Waals surface area contributed by atoms with E-state index >= 15 is 0 Å². The van der Waals surface area contributed by atoms with E-state index in [0.717, 1.165) is 17.7 Å². The summed E-state index contributed by atoms with van der Waals surface area (Å²) in [4.78, 5) is 15.2. The Bertz CT molecular complexity index is 693. The van der Waals surface area contributed by atoms with Gasteiger partial charge < -0.3 is 10.6 Å². The lowest BCUT2D eigenvalue weighted by Crippen LogP contribution is -2.25. The molecule has 0 amide bonds. The van der Waals surface area contributed by atoms with E-state index in [2.05, 4.69) is 10.6 Å². The second-order valence-corrected chi connectivity index (χ2v) is 12.2. The number of nitrogens with zero attached hydrogens (tertiary/aromatic N) is 3. The number of nitrogens with one attached hydrogen (secondary N) is 2. The van der Waals surface area contributed by atoms with Crippen molar-refractivity contribution in [1.29, 1.82) is 0 Å². The van der Waals surface area contributed by atoms with Gasteiger partial charge in [0.2, 0.25) is 11.9 Å². The molecule has 36 heavy (non-hydrogen) atoms. The normalized spacial score (nSPS) is 23.8. The summed E-state index contributed by atoms with van der Waals surface area (Å²) in [5.41, 5.74) is 0. The molecule has 204 valence electrons. The molecule has 0 bridgehead atoms. The maximum absolute atomic E-state index is 5.12. The lowest BCUT2D eigenvalue weighted by atomic mass is 9.96. The molecule has 0 spiro atoms. The number of hydrogen-bond donors (Lipinski definition) is 2. The zero-order valence-electron chi connectivity index (χ0n) is 23.3. The lowest BCUT2D eigenvalue weighted by Gasteiger charge is -2.24. The zero-order valence-corrected chi connectivity index (χ0v) is 23.3. The summed E-state index contributed by atoms with van der Waals surface area (Å²) >= 11 is 0. The second-order valence-electron chi connectivity index (χ2n) is 12.2. The number of anilines is 2. The van der Waals surface area contributed by atoms with Crippen LogP contribution in [0, 0.1) is 0 Å². The van der Waals surface area contributed by atoms with Gasteiger partial charge in [-0.2, -0.15) is 15.0 Å². The fraction of sp³-hybridized carbons (Fsp3) is 0.903.